The molecule has 0 saturated heterocycles. The molecule has 21 heavy (non-hydrogen) atoms. The maximum Gasteiger partial charge on any atom is 0.187 e. The van der Waals surface area contributed by atoms with Crippen LogP contribution >= 0.6 is 22.9 Å². The first-order valence-corrected chi connectivity index (χ1v) is 9.33. The van der Waals surface area contributed by atoms with Crippen molar-refractivity contribution < 1.29 is 13.2 Å². The molecule has 0 radical (unpaired) electrons. The summed E-state index contributed by atoms with van der Waals surface area (Å²) in [6.45, 7) is 3.84. The van der Waals surface area contributed by atoms with Crippen LogP contribution in [0.2, 0.25) is 4.34 Å². The van der Waals surface area contributed by atoms with Gasteiger partial charge in [-0.1, -0.05) is 40.9 Å². The van der Waals surface area contributed by atoms with Gasteiger partial charge in [0.1, 0.15) is 5.75 Å². The number of aryl methyl sites for hydroxylation is 2. The average molecular weight is 343 g/mol. The Kier molecular flexibility index (Phi) is 4.86. The van der Waals surface area contributed by atoms with Crippen molar-refractivity contribution in [2.24, 2.45) is 0 Å². The van der Waals surface area contributed by atoms with E-state index >= 15 is 0 Å². The third-order valence-electron chi connectivity index (χ3n) is 2.87. The second-order valence-electron chi connectivity index (χ2n) is 5.06. The number of rotatable bonds is 5. The van der Waals surface area contributed by atoms with Gasteiger partial charge in [0.2, 0.25) is 0 Å². The van der Waals surface area contributed by atoms with Crippen LogP contribution in [0, 0.1) is 13.8 Å². The van der Waals surface area contributed by atoms with Crippen LogP contribution < -0.4 is 0 Å². The molecule has 0 saturated carbocycles. The number of carbonyl (C=O) groups is 1. The van der Waals surface area contributed by atoms with Crippen LogP contribution in [0.15, 0.2) is 30.3 Å². The number of hydrogen-bond donors (Lipinski definition) is 0. The monoisotopic (exact) mass is 342 g/mol. The molecule has 1 aromatic carbocycles. The highest BCUT2D eigenvalue weighted by atomic mass is 35.5. The van der Waals surface area contributed by atoms with E-state index in [9.17, 15) is 13.2 Å². The van der Waals surface area contributed by atoms with Gasteiger partial charge in [0.15, 0.2) is 15.6 Å². The van der Waals surface area contributed by atoms with E-state index in [4.69, 9.17) is 11.6 Å². The number of benzene rings is 1. The lowest BCUT2D eigenvalue weighted by molar-refractivity contribution is 0.102. The standard InChI is InChI=1S/C15H15ClO3S2/c1-10-5-11(2)7-12(6-10)8-21(18,19)9-13(17)14-3-4-15(16)20-14/h3-7H,8-9H2,1-2H3. The van der Waals surface area contributed by atoms with Crippen LogP contribution in [0.5, 0.6) is 0 Å². The Hall–Kier alpha value is -1.17. The Bertz CT molecular complexity index is 756. The van der Waals surface area contributed by atoms with Gasteiger partial charge < -0.3 is 0 Å². The summed E-state index contributed by atoms with van der Waals surface area (Å²) in [4.78, 5) is 12.3. The minimum atomic E-state index is -3.49. The van der Waals surface area contributed by atoms with Crippen LogP contribution in [0.1, 0.15) is 26.4 Å². The Balaban J connectivity index is 2.13. The molecule has 0 aliphatic rings. The van der Waals surface area contributed by atoms with E-state index in [1.165, 1.54) is 0 Å². The number of ketones is 1. The van der Waals surface area contributed by atoms with Gasteiger partial charge in [-0.25, -0.2) is 8.42 Å². The zero-order valence-corrected chi connectivity index (χ0v) is 14.1. The molecule has 2 rings (SSSR count). The summed E-state index contributed by atoms with van der Waals surface area (Å²) in [5, 5.41) is 0. The fourth-order valence-corrected chi connectivity index (χ4v) is 4.60. The highest BCUT2D eigenvalue weighted by molar-refractivity contribution is 7.91. The number of Topliss-reactive ketones (excluding diaryl/α,β-unsaturated/α-hetero) is 1. The summed E-state index contributed by atoms with van der Waals surface area (Å²) in [5.74, 6) is -1.02. The van der Waals surface area contributed by atoms with Crippen LogP contribution in [0.25, 0.3) is 0 Å². The molecule has 2 aromatic rings. The summed E-state index contributed by atoms with van der Waals surface area (Å²) in [7, 11) is -3.49. The third kappa shape index (κ3) is 4.66. The summed E-state index contributed by atoms with van der Waals surface area (Å²) >= 11 is 6.86. The lowest BCUT2D eigenvalue weighted by Crippen LogP contribution is -2.17. The summed E-state index contributed by atoms with van der Waals surface area (Å²) < 4.78 is 24.8. The summed E-state index contributed by atoms with van der Waals surface area (Å²) in [5.41, 5.74) is 2.73. The Morgan fingerprint density at radius 1 is 1.14 bits per heavy atom. The number of sulfone groups is 1. The molecule has 6 heteroatoms. The minimum absolute atomic E-state index is 0.125. The first kappa shape index (κ1) is 16.2. The second-order valence-corrected chi connectivity index (χ2v) is 8.83. The minimum Gasteiger partial charge on any atom is -0.292 e. The fraction of sp³-hybridized carbons (Fsp3) is 0.267. The highest BCUT2D eigenvalue weighted by Crippen LogP contribution is 2.22. The van der Waals surface area contributed by atoms with Gasteiger partial charge in [-0.2, -0.15) is 0 Å². The maximum absolute atomic E-state index is 12.2. The van der Waals surface area contributed by atoms with Gasteiger partial charge in [0.25, 0.3) is 0 Å². The van der Waals surface area contributed by atoms with Gasteiger partial charge in [-0.05, 0) is 31.5 Å². The Morgan fingerprint density at radius 3 is 2.29 bits per heavy atom. The molecule has 0 atom stereocenters. The lowest BCUT2D eigenvalue weighted by Gasteiger charge is -2.06. The number of carbonyl (C=O) groups excluding carboxylic acids is 1. The van der Waals surface area contributed by atoms with Crippen LogP contribution in [-0.4, -0.2) is 20.0 Å². The summed E-state index contributed by atoms with van der Waals surface area (Å²) in [6, 6.07) is 8.79. The third-order valence-corrected chi connectivity index (χ3v) is 5.61. The van der Waals surface area contributed by atoms with E-state index in [2.05, 4.69) is 0 Å². The number of thiophene rings is 1. The fourth-order valence-electron chi connectivity index (χ4n) is 2.19. The molecule has 0 fully saturated rings. The largest absolute Gasteiger partial charge is 0.292 e. The van der Waals surface area contributed by atoms with Crippen molar-refractivity contribution in [3.8, 4) is 0 Å². The van der Waals surface area contributed by atoms with Crippen molar-refractivity contribution in [2.45, 2.75) is 19.6 Å². The van der Waals surface area contributed by atoms with E-state index < -0.39 is 21.4 Å². The van der Waals surface area contributed by atoms with E-state index in [1.807, 2.05) is 32.0 Å². The zero-order chi connectivity index (χ0) is 15.6. The molecular formula is C15H15ClO3S2. The summed E-state index contributed by atoms with van der Waals surface area (Å²) in [6.07, 6.45) is 0. The van der Waals surface area contributed by atoms with E-state index in [-0.39, 0.29) is 5.75 Å². The Labute approximate surface area is 133 Å². The average Bonchev–Trinajstić information content (AvgIpc) is 2.72. The van der Waals surface area contributed by atoms with Crippen LogP contribution in [0.3, 0.4) is 0 Å². The zero-order valence-electron chi connectivity index (χ0n) is 11.7. The maximum atomic E-state index is 12.2. The molecule has 112 valence electrons. The molecule has 0 aliphatic carbocycles. The molecule has 1 aromatic heterocycles. The van der Waals surface area contributed by atoms with Gasteiger partial charge in [0, 0.05) is 0 Å². The van der Waals surface area contributed by atoms with Gasteiger partial charge in [-0.15, -0.1) is 11.3 Å². The van der Waals surface area contributed by atoms with Crippen molar-refractivity contribution in [2.75, 3.05) is 5.75 Å². The number of halogens is 1. The lowest BCUT2D eigenvalue weighted by atomic mass is 10.1. The molecule has 0 bridgehead atoms. The van der Waals surface area contributed by atoms with E-state index in [1.54, 1.807) is 12.1 Å². The molecule has 3 nitrogen and oxygen atoms in total. The smallest absolute Gasteiger partial charge is 0.187 e. The number of hydrogen-bond acceptors (Lipinski definition) is 4. The van der Waals surface area contributed by atoms with Crippen LogP contribution in [-0.2, 0) is 15.6 Å². The van der Waals surface area contributed by atoms with Crippen molar-refractivity contribution in [3.05, 3.63) is 56.2 Å². The molecule has 0 spiro atoms. The molecule has 0 aliphatic heterocycles. The van der Waals surface area contributed by atoms with Crippen molar-refractivity contribution >= 4 is 38.6 Å². The predicted octanol–water partition coefficient (Wildman–Crippen LogP) is 3.82. The van der Waals surface area contributed by atoms with Crippen molar-refractivity contribution in [1.82, 2.24) is 0 Å². The van der Waals surface area contributed by atoms with Gasteiger partial charge in [-0.3, -0.25) is 4.79 Å². The normalized spacial score (nSPS) is 11.6. The highest BCUT2D eigenvalue weighted by Gasteiger charge is 2.20. The van der Waals surface area contributed by atoms with Crippen molar-refractivity contribution in [3.63, 3.8) is 0 Å². The Morgan fingerprint density at radius 2 is 1.76 bits per heavy atom. The SMILES string of the molecule is Cc1cc(C)cc(CS(=O)(=O)CC(=O)c2ccc(Cl)s2)c1. The first-order valence-electron chi connectivity index (χ1n) is 6.31. The first-order chi connectivity index (χ1) is 9.75. The molecule has 0 N–H and O–H groups in total. The predicted molar refractivity (Wildman–Crippen MR) is 87.1 cm³/mol. The molecule has 0 amide bonds. The van der Waals surface area contributed by atoms with E-state index in [0.29, 0.717) is 14.8 Å². The second kappa shape index (κ2) is 6.30. The quantitative estimate of drug-likeness (QED) is 0.776. The molecule has 1 heterocycles. The topological polar surface area (TPSA) is 51.2 Å². The van der Waals surface area contributed by atoms with E-state index in [0.717, 1.165) is 22.5 Å². The van der Waals surface area contributed by atoms with Crippen molar-refractivity contribution in [1.29, 1.82) is 0 Å². The van der Waals surface area contributed by atoms with Gasteiger partial charge in [0.05, 0.1) is 15.0 Å². The molecule has 0 unspecified atom stereocenters. The molecular weight excluding hydrogens is 328 g/mol. The van der Waals surface area contributed by atoms with Crippen LogP contribution in [0.4, 0.5) is 0 Å². The van der Waals surface area contributed by atoms with Gasteiger partial charge >= 0.3 is 0 Å².